The first kappa shape index (κ1) is 14.8. The van der Waals surface area contributed by atoms with E-state index in [0.717, 1.165) is 17.5 Å². The lowest BCUT2D eigenvalue weighted by Crippen LogP contribution is -2.25. The lowest BCUT2D eigenvalue weighted by atomic mass is 9.88. The summed E-state index contributed by atoms with van der Waals surface area (Å²) in [6, 6.07) is 7.78. The summed E-state index contributed by atoms with van der Waals surface area (Å²) in [7, 11) is 0. The van der Waals surface area contributed by atoms with E-state index in [1.165, 1.54) is 25.3 Å². The van der Waals surface area contributed by atoms with E-state index in [0.29, 0.717) is 18.6 Å². The topological polar surface area (TPSA) is 46.5 Å². The number of rotatable bonds is 5. The first-order valence-corrected chi connectivity index (χ1v) is 7.27. The monoisotopic (exact) mass is 274 g/mol. The van der Waals surface area contributed by atoms with Gasteiger partial charge in [0.1, 0.15) is 0 Å². The van der Waals surface area contributed by atoms with E-state index in [1.54, 1.807) is 6.08 Å². The summed E-state index contributed by atoms with van der Waals surface area (Å²) < 4.78 is 6.05. The summed E-state index contributed by atoms with van der Waals surface area (Å²) in [5.41, 5.74) is 1.96. The number of hydrogen-bond donors (Lipinski definition) is 1. The first-order valence-electron chi connectivity index (χ1n) is 7.27. The molecule has 0 radical (unpaired) electrons. The second kappa shape index (κ2) is 7.25. The molecule has 0 amide bonds. The Morgan fingerprint density at radius 3 is 2.85 bits per heavy atom. The minimum absolute atomic E-state index is 0.334. The average molecular weight is 274 g/mol. The highest BCUT2D eigenvalue weighted by Gasteiger charge is 2.21. The molecule has 3 nitrogen and oxygen atoms in total. The lowest BCUT2D eigenvalue weighted by molar-refractivity contribution is -0.131. The van der Waals surface area contributed by atoms with E-state index < -0.39 is 5.97 Å². The van der Waals surface area contributed by atoms with Gasteiger partial charge in [-0.2, -0.15) is 0 Å². The van der Waals surface area contributed by atoms with Crippen molar-refractivity contribution in [1.82, 2.24) is 0 Å². The van der Waals surface area contributed by atoms with Gasteiger partial charge >= 0.3 is 5.97 Å². The van der Waals surface area contributed by atoms with E-state index in [9.17, 15) is 4.79 Å². The van der Waals surface area contributed by atoms with Gasteiger partial charge in [-0.15, -0.1) is 0 Å². The molecule has 0 aromatic heterocycles. The van der Waals surface area contributed by atoms with E-state index >= 15 is 0 Å². The lowest BCUT2D eigenvalue weighted by Gasteiger charge is -2.29. The van der Waals surface area contributed by atoms with Crippen LogP contribution in [-0.4, -0.2) is 17.2 Å². The van der Waals surface area contributed by atoms with Gasteiger partial charge in [0, 0.05) is 6.08 Å². The van der Waals surface area contributed by atoms with Gasteiger partial charge in [0.2, 0.25) is 0 Å². The summed E-state index contributed by atoms with van der Waals surface area (Å²) in [6.45, 7) is 2.80. The molecule has 2 rings (SSSR count). The molecule has 20 heavy (non-hydrogen) atoms. The van der Waals surface area contributed by atoms with Crippen LogP contribution in [0.3, 0.4) is 0 Å². The van der Waals surface area contributed by atoms with Crippen molar-refractivity contribution in [2.24, 2.45) is 5.92 Å². The molecule has 108 valence electrons. The molecule has 1 N–H and O–H groups in total. The molecule has 2 unspecified atom stereocenters. The van der Waals surface area contributed by atoms with Gasteiger partial charge in [-0.1, -0.05) is 44.0 Å². The summed E-state index contributed by atoms with van der Waals surface area (Å²) in [4.78, 5) is 10.6. The largest absolute Gasteiger partial charge is 0.478 e. The zero-order chi connectivity index (χ0) is 14.4. The molecular weight excluding hydrogens is 252 g/mol. The Morgan fingerprint density at radius 1 is 1.35 bits per heavy atom. The van der Waals surface area contributed by atoms with Gasteiger partial charge in [-0.3, -0.25) is 0 Å². The Balaban J connectivity index is 2.00. The highest BCUT2D eigenvalue weighted by Crippen LogP contribution is 2.27. The smallest absolute Gasteiger partial charge is 0.328 e. The van der Waals surface area contributed by atoms with E-state index in [2.05, 4.69) is 6.92 Å². The Morgan fingerprint density at radius 2 is 2.10 bits per heavy atom. The average Bonchev–Trinajstić information content (AvgIpc) is 2.45. The van der Waals surface area contributed by atoms with Crippen molar-refractivity contribution in [1.29, 1.82) is 0 Å². The van der Waals surface area contributed by atoms with Crippen LogP contribution in [0.4, 0.5) is 0 Å². The van der Waals surface area contributed by atoms with Gasteiger partial charge in [-0.05, 0) is 36.0 Å². The van der Waals surface area contributed by atoms with Crippen molar-refractivity contribution < 1.29 is 14.6 Å². The number of carbonyl (C=O) groups is 1. The number of benzene rings is 1. The van der Waals surface area contributed by atoms with Crippen molar-refractivity contribution >= 4 is 12.0 Å². The van der Waals surface area contributed by atoms with Crippen molar-refractivity contribution in [3.8, 4) is 0 Å². The SMILES string of the molecule is CC1CCCCC1OCc1ccccc1C=CC(=O)O. The molecule has 1 aliphatic carbocycles. The fourth-order valence-corrected chi connectivity index (χ4v) is 2.72. The number of hydrogen-bond acceptors (Lipinski definition) is 2. The van der Waals surface area contributed by atoms with Gasteiger partial charge in [-0.25, -0.2) is 4.79 Å². The van der Waals surface area contributed by atoms with E-state index in [-0.39, 0.29) is 0 Å². The highest BCUT2D eigenvalue weighted by atomic mass is 16.5. The van der Waals surface area contributed by atoms with Crippen LogP contribution in [-0.2, 0) is 16.1 Å². The first-order chi connectivity index (χ1) is 9.66. The normalized spacial score (nSPS) is 23.1. The summed E-state index contributed by atoms with van der Waals surface area (Å²) in [5, 5.41) is 8.72. The molecule has 0 bridgehead atoms. The van der Waals surface area contributed by atoms with E-state index in [1.807, 2.05) is 24.3 Å². The molecule has 0 saturated heterocycles. The maximum Gasteiger partial charge on any atom is 0.328 e. The van der Waals surface area contributed by atoms with Gasteiger partial charge < -0.3 is 9.84 Å². The molecule has 1 saturated carbocycles. The van der Waals surface area contributed by atoms with Gasteiger partial charge in [0.25, 0.3) is 0 Å². The third-order valence-electron chi connectivity index (χ3n) is 3.95. The second-order valence-electron chi connectivity index (χ2n) is 5.48. The van der Waals surface area contributed by atoms with Crippen LogP contribution in [0, 0.1) is 5.92 Å². The quantitative estimate of drug-likeness (QED) is 0.829. The van der Waals surface area contributed by atoms with Crippen molar-refractivity contribution in [2.75, 3.05) is 0 Å². The molecule has 0 spiro atoms. The fraction of sp³-hybridized carbons (Fsp3) is 0.471. The van der Waals surface area contributed by atoms with Crippen molar-refractivity contribution in [3.05, 3.63) is 41.5 Å². The molecule has 2 atom stereocenters. The molecule has 0 heterocycles. The molecule has 1 aromatic carbocycles. The minimum atomic E-state index is -0.929. The van der Waals surface area contributed by atoms with Crippen LogP contribution in [0.25, 0.3) is 6.08 Å². The molecule has 0 aliphatic heterocycles. The summed E-state index contributed by atoms with van der Waals surface area (Å²) in [6.07, 6.45) is 8.06. The predicted octanol–water partition coefficient (Wildman–Crippen LogP) is 3.88. The summed E-state index contributed by atoms with van der Waals surface area (Å²) >= 11 is 0. The van der Waals surface area contributed by atoms with Crippen molar-refractivity contribution in [2.45, 2.75) is 45.3 Å². The van der Waals surface area contributed by atoms with Crippen LogP contribution >= 0.6 is 0 Å². The van der Waals surface area contributed by atoms with Crippen LogP contribution in [0.2, 0.25) is 0 Å². The number of ether oxygens (including phenoxy) is 1. The third kappa shape index (κ3) is 4.20. The maximum atomic E-state index is 10.6. The highest BCUT2D eigenvalue weighted by molar-refractivity contribution is 5.85. The Hall–Kier alpha value is -1.61. The Bertz CT molecular complexity index is 479. The number of carboxylic acid groups (broad SMARTS) is 1. The zero-order valence-corrected chi connectivity index (χ0v) is 11.9. The zero-order valence-electron chi connectivity index (χ0n) is 11.9. The summed E-state index contributed by atoms with van der Waals surface area (Å²) in [5.74, 6) is -0.313. The predicted molar refractivity (Wildman–Crippen MR) is 79.3 cm³/mol. The van der Waals surface area contributed by atoms with Gasteiger partial charge in [0.15, 0.2) is 0 Å². The standard InChI is InChI=1S/C17H22O3/c1-13-6-2-5-9-16(13)20-12-15-8-4-3-7-14(15)10-11-17(18)19/h3-4,7-8,10-11,13,16H,2,5-6,9,12H2,1H3,(H,18,19). The maximum absolute atomic E-state index is 10.6. The molecule has 1 aromatic rings. The van der Waals surface area contributed by atoms with Crippen LogP contribution in [0.5, 0.6) is 0 Å². The molecule has 1 fully saturated rings. The van der Waals surface area contributed by atoms with Crippen molar-refractivity contribution in [3.63, 3.8) is 0 Å². The molecule has 1 aliphatic rings. The third-order valence-corrected chi connectivity index (χ3v) is 3.95. The van der Waals surface area contributed by atoms with E-state index in [4.69, 9.17) is 9.84 Å². The fourth-order valence-electron chi connectivity index (χ4n) is 2.72. The second-order valence-corrected chi connectivity index (χ2v) is 5.48. The van der Waals surface area contributed by atoms with Crippen LogP contribution in [0.15, 0.2) is 30.3 Å². The van der Waals surface area contributed by atoms with Crippen LogP contribution in [0.1, 0.15) is 43.7 Å². The molecule has 3 heteroatoms. The van der Waals surface area contributed by atoms with Gasteiger partial charge in [0.05, 0.1) is 12.7 Å². The van der Waals surface area contributed by atoms with Crippen LogP contribution < -0.4 is 0 Å². The Labute approximate surface area is 120 Å². The minimum Gasteiger partial charge on any atom is -0.478 e. The number of carboxylic acids is 1. The Kier molecular flexibility index (Phi) is 5.36. The molecular formula is C17H22O3. The number of aliphatic carboxylic acids is 1.